The van der Waals surface area contributed by atoms with Crippen LogP contribution in [-0.2, 0) is 9.59 Å². The largest absolute Gasteiger partial charge is 0.481 e. The molecular weight excluding hydrogens is 220 g/mol. The Bertz CT molecular complexity index is 262. The van der Waals surface area contributed by atoms with Gasteiger partial charge in [0.05, 0.1) is 0 Å². The van der Waals surface area contributed by atoms with Crippen LogP contribution in [0, 0.1) is 11.8 Å². The Balaban J connectivity index is 2.18. The highest BCUT2D eigenvalue weighted by Crippen LogP contribution is 2.12. The fourth-order valence-electron chi connectivity index (χ4n) is 2.09. The van der Waals surface area contributed by atoms with Crippen molar-refractivity contribution >= 4 is 11.9 Å². The number of amides is 1. The Hall–Kier alpha value is -1.10. The first-order valence-electron chi connectivity index (χ1n) is 6.31. The van der Waals surface area contributed by atoms with Gasteiger partial charge in [0.2, 0.25) is 5.91 Å². The van der Waals surface area contributed by atoms with Crippen molar-refractivity contribution in [3.8, 4) is 0 Å². The number of nitrogens with one attached hydrogen (secondary N) is 2. The number of carbonyl (C=O) groups excluding carboxylic acids is 1. The number of carboxylic acids is 1. The lowest BCUT2D eigenvalue weighted by molar-refractivity contribution is -0.138. The molecule has 0 saturated carbocycles. The van der Waals surface area contributed by atoms with Crippen molar-refractivity contribution < 1.29 is 14.7 Å². The van der Waals surface area contributed by atoms with Gasteiger partial charge in [-0.25, -0.2) is 0 Å². The molecule has 1 saturated heterocycles. The molecule has 17 heavy (non-hydrogen) atoms. The first kappa shape index (κ1) is 14.0. The number of rotatable bonds is 7. The van der Waals surface area contributed by atoms with Gasteiger partial charge in [-0.05, 0) is 31.3 Å². The van der Waals surface area contributed by atoms with Gasteiger partial charge in [0.25, 0.3) is 0 Å². The topological polar surface area (TPSA) is 78.4 Å². The molecule has 5 heteroatoms. The van der Waals surface area contributed by atoms with Gasteiger partial charge in [-0.15, -0.1) is 0 Å². The summed E-state index contributed by atoms with van der Waals surface area (Å²) in [5.74, 6) is -0.277. The number of aliphatic carboxylic acids is 1. The molecule has 0 bridgehead atoms. The fraction of sp³-hybridized carbons (Fsp3) is 0.833. The standard InChI is InChI=1S/C12H22N2O3/c1-2-9(6-12(16)17)8-14-11(15)5-10-3-4-13-7-10/h9-10,13H,2-8H2,1H3,(H,14,15)(H,16,17). The molecule has 0 aliphatic carbocycles. The van der Waals surface area contributed by atoms with E-state index in [1.54, 1.807) is 0 Å². The zero-order valence-electron chi connectivity index (χ0n) is 10.4. The maximum atomic E-state index is 11.6. The lowest BCUT2D eigenvalue weighted by Gasteiger charge is -2.14. The molecule has 2 atom stereocenters. The van der Waals surface area contributed by atoms with Gasteiger partial charge in [-0.2, -0.15) is 0 Å². The van der Waals surface area contributed by atoms with Crippen molar-refractivity contribution in [2.45, 2.75) is 32.6 Å². The van der Waals surface area contributed by atoms with E-state index in [0.717, 1.165) is 25.9 Å². The third-order valence-corrected chi connectivity index (χ3v) is 3.26. The molecule has 1 aliphatic rings. The Kier molecular flexibility index (Phi) is 5.97. The zero-order valence-corrected chi connectivity index (χ0v) is 10.4. The maximum Gasteiger partial charge on any atom is 0.303 e. The van der Waals surface area contributed by atoms with Crippen molar-refractivity contribution in [1.82, 2.24) is 10.6 Å². The predicted molar refractivity (Wildman–Crippen MR) is 64.6 cm³/mol. The molecule has 5 nitrogen and oxygen atoms in total. The van der Waals surface area contributed by atoms with E-state index >= 15 is 0 Å². The second-order valence-corrected chi connectivity index (χ2v) is 4.74. The SMILES string of the molecule is CCC(CNC(=O)CC1CCNC1)CC(=O)O. The van der Waals surface area contributed by atoms with E-state index in [-0.39, 0.29) is 18.2 Å². The first-order chi connectivity index (χ1) is 8.11. The molecule has 0 radical (unpaired) electrons. The summed E-state index contributed by atoms with van der Waals surface area (Å²) in [6.07, 6.45) is 2.51. The molecule has 0 aromatic heterocycles. The normalized spacial score (nSPS) is 21.1. The van der Waals surface area contributed by atoms with Gasteiger partial charge in [0, 0.05) is 19.4 Å². The van der Waals surface area contributed by atoms with E-state index < -0.39 is 5.97 Å². The van der Waals surface area contributed by atoms with E-state index in [9.17, 15) is 9.59 Å². The fourth-order valence-corrected chi connectivity index (χ4v) is 2.09. The monoisotopic (exact) mass is 242 g/mol. The molecule has 1 aliphatic heterocycles. The third kappa shape index (κ3) is 5.68. The van der Waals surface area contributed by atoms with Crippen LogP contribution < -0.4 is 10.6 Å². The van der Waals surface area contributed by atoms with Gasteiger partial charge in [-0.3, -0.25) is 9.59 Å². The second-order valence-electron chi connectivity index (χ2n) is 4.74. The van der Waals surface area contributed by atoms with Crippen molar-refractivity contribution in [3.63, 3.8) is 0 Å². The molecular formula is C12H22N2O3. The van der Waals surface area contributed by atoms with Crippen LogP contribution in [0.2, 0.25) is 0 Å². The zero-order chi connectivity index (χ0) is 12.7. The molecule has 1 fully saturated rings. The minimum absolute atomic E-state index is 0.0400. The second kappa shape index (κ2) is 7.27. The smallest absolute Gasteiger partial charge is 0.303 e. The van der Waals surface area contributed by atoms with E-state index in [0.29, 0.717) is 18.9 Å². The van der Waals surface area contributed by atoms with E-state index in [1.807, 2.05) is 6.92 Å². The average Bonchev–Trinajstić information content (AvgIpc) is 2.76. The number of carboxylic acid groups (broad SMARTS) is 1. The Morgan fingerprint density at radius 2 is 2.29 bits per heavy atom. The predicted octanol–water partition coefficient (Wildman–Crippen LogP) is 0.603. The summed E-state index contributed by atoms with van der Waals surface area (Å²) in [5, 5.41) is 14.7. The highest BCUT2D eigenvalue weighted by molar-refractivity contribution is 5.76. The number of carbonyl (C=O) groups is 2. The molecule has 3 N–H and O–H groups in total. The van der Waals surface area contributed by atoms with Crippen LogP contribution in [0.25, 0.3) is 0 Å². The van der Waals surface area contributed by atoms with Crippen LogP contribution in [0.1, 0.15) is 32.6 Å². The minimum atomic E-state index is -0.800. The van der Waals surface area contributed by atoms with Crippen LogP contribution in [0.4, 0.5) is 0 Å². The van der Waals surface area contributed by atoms with Crippen molar-refractivity contribution in [1.29, 1.82) is 0 Å². The minimum Gasteiger partial charge on any atom is -0.481 e. The van der Waals surface area contributed by atoms with E-state index in [1.165, 1.54) is 0 Å². The average molecular weight is 242 g/mol. The summed E-state index contributed by atoms with van der Waals surface area (Å²) in [7, 11) is 0. The van der Waals surface area contributed by atoms with Crippen molar-refractivity contribution in [2.75, 3.05) is 19.6 Å². The lowest BCUT2D eigenvalue weighted by Crippen LogP contribution is -2.31. The summed E-state index contributed by atoms with van der Waals surface area (Å²) in [6, 6.07) is 0. The molecule has 0 aromatic rings. The number of hydrogen-bond donors (Lipinski definition) is 3. The van der Waals surface area contributed by atoms with Crippen LogP contribution >= 0.6 is 0 Å². The molecule has 98 valence electrons. The Morgan fingerprint density at radius 3 is 2.82 bits per heavy atom. The molecule has 1 heterocycles. The summed E-state index contributed by atoms with van der Waals surface area (Å²) in [5.41, 5.74) is 0. The summed E-state index contributed by atoms with van der Waals surface area (Å²) in [4.78, 5) is 22.2. The Morgan fingerprint density at radius 1 is 1.53 bits per heavy atom. The van der Waals surface area contributed by atoms with Crippen molar-refractivity contribution in [2.24, 2.45) is 11.8 Å². The molecule has 0 aromatic carbocycles. The highest BCUT2D eigenvalue weighted by Gasteiger charge is 2.18. The third-order valence-electron chi connectivity index (χ3n) is 3.26. The number of hydrogen-bond acceptors (Lipinski definition) is 3. The molecule has 1 rings (SSSR count). The quantitative estimate of drug-likeness (QED) is 0.611. The van der Waals surface area contributed by atoms with Crippen LogP contribution in [-0.4, -0.2) is 36.6 Å². The van der Waals surface area contributed by atoms with Crippen LogP contribution in [0.15, 0.2) is 0 Å². The lowest BCUT2D eigenvalue weighted by atomic mass is 10.0. The maximum absolute atomic E-state index is 11.6. The van der Waals surface area contributed by atoms with Crippen LogP contribution in [0.5, 0.6) is 0 Å². The van der Waals surface area contributed by atoms with Gasteiger partial charge in [0.1, 0.15) is 0 Å². The summed E-state index contributed by atoms with van der Waals surface area (Å²) >= 11 is 0. The van der Waals surface area contributed by atoms with Crippen LogP contribution in [0.3, 0.4) is 0 Å². The van der Waals surface area contributed by atoms with Gasteiger partial charge < -0.3 is 15.7 Å². The first-order valence-corrected chi connectivity index (χ1v) is 6.31. The van der Waals surface area contributed by atoms with Gasteiger partial charge in [-0.1, -0.05) is 13.3 Å². The Labute approximate surface area is 102 Å². The molecule has 1 amide bonds. The summed E-state index contributed by atoms with van der Waals surface area (Å²) < 4.78 is 0. The molecule has 2 unspecified atom stereocenters. The van der Waals surface area contributed by atoms with Gasteiger partial charge >= 0.3 is 5.97 Å². The summed E-state index contributed by atoms with van der Waals surface area (Å²) in [6.45, 7) is 4.33. The van der Waals surface area contributed by atoms with E-state index in [2.05, 4.69) is 10.6 Å². The highest BCUT2D eigenvalue weighted by atomic mass is 16.4. The van der Waals surface area contributed by atoms with Gasteiger partial charge in [0.15, 0.2) is 0 Å². The van der Waals surface area contributed by atoms with Crippen molar-refractivity contribution in [3.05, 3.63) is 0 Å². The molecule has 0 spiro atoms. The van der Waals surface area contributed by atoms with E-state index in [4.69, 9.17) is 5.11 Å².